The molecular formula is C12H19N3O4S. The number of nitrogens with one attached hydrogen (secondary N) is 1. The van der Waals surface area contributed by atoms with Crippen LogP contribution in [0.1, 0.15) is 30.6 Å². The van der Waals surface area contributed by atoms with E-state index in [4.69, 9.17) is 5.11 Å². The summed E-state index contributed by atoms with van der Waals surface area (Å²) in [6, 6.07) is 2.43. The summed E-state index contributed by atoms with van der Waals surface area (Å²) in [5.74, 6) is -0.963. The summed E-state index contributed by atoms with van der Waals surface area (Å²) in [5, 5.41) is 11.8. The van der Waals surface area contributed by atoms with Gasteiger partial charge < -0.3 is 10.4 Å². The molecule has 0 aliphatic rings. The Morgan fingerprint density at radius 2 is 2.05 bits per heavy atom. The summed E-state index contributed by atoms with van der Waals surface area (Å²) in [5.41, 5.74) is -0.119. The fourth-order valence-electron chi connectivity index (χ4n) is 1.38. The monoisotopic (exact) mass is 301 g/mol. The number of sulfonamides is 1. The highest BCUT2D eigenvalue weighted by atomic mass is 32.2. The van der Waals surface area contributed by atoms with Crippen molar-refractivity contribution in [1.29, 1.82) is 0 Å². The number of rotatable bonds is 6. The fraction of sp³-hybridized carbons (Fsp3) is 0.500. The van der Waals surface area contributed by atoms with Gasteiger partial charge in [0.1, 0.15) is 5.82 Å². The smallest absolute Gasteiger partial charge is 0.335 e. The van der Waals surface area contributed by atoms with Crippen molar-refractivity contribution < 1.29 is 18.3 Å². The maximum atomic E-state index is 12.1. The highest BCUT2D eigenvalue weighted by Crippen LogP contribution is 2.18. The molecule has 7 nitrogen and oxygen atoms in total. The van der Waals surface area contributed by atoms with Crippen LogP contribution < -0.4 is 5.32 Å². The molecule has 1 heterocycles. The molecule has 0 fully saturated rings. The van der Waals surface area contributed by atoms with Crippen molar-refractivity contribution in [2.75, 3.05) is 19.4 Å². The molecular weight excluding hydrogens is 282 g/mol. The molecule has 1 atom stereocenters. The minimum atomic E-state index is -3.78. The lowest BCUT2D eigenvalue weighted by atomic mass is 10.2. The molecule has 0 saturated carbocycles. The Morgan fingerprint density at radius 3 is 2.50 bits per heavy atom. The quantitative estimate of drug-likeness (QED) is 0.820. The zero-order chi connectivity index (χ0) is 15.5. The van der Waals surface area contributed by atoms with Crippen LogP contribution in [-0.4, -0.2) is 48.9 Å². The molecule has 20 heavy (non-hydrogen) atoms. The van der Waals surface area contributed by atoms with Crippen molar-refractivity contribution >= 4 is 21.8 Å². The van der Waals surface area contributed by atoms with E-state index in [0.717, 1.165) is 16.8 Å². The molecule has 1 aromatic heterocycles. The average molecular weight is 301 g/mol. The molecule has 0 spiro atoms. The summed E-state index contributed by atoms with van der Waals surface area (Å²) in [7, 11) is -1.04. The van der Waals surface area contributed by atoms with Crippen LogP contribution in [0.15, 0.2) is 17.2 Å². The van der Waals surface area contributed by atoms with Crippen LogP contribution in [0.25, 0.3) is 0 Å². The topological polar surface area (TPSA) is 99.6 Å². The number of carboxylic acid groups (broad SMARTS) is 1. The number of anilines is 1. The standard InChI is InChI=1S/C12H19N3O4S/c1-5-8(2)13-10-6-9(12(16)17)7-11(14-10)20(18,19)15(3)4/h6-8H,5H2,1-4H3,(H,13,14)(H,16,17). The number of pyridine rings is 1. The molecule has 1 aromatic rings. The highest BCUT2D eigenvalue weighted by Gasteiger charge is 2.22. The molecule has 1 unspecified atom stereocenters. The van der Waals surface area contributed by atoms with Crippen LogP contribution >= 0.6 is 0 Å². The van der Waals surface area contributed by atoms with E-state index in [1.165, 1.54) is 20.2 Å². The zero-order valence-corrected chi connectivity index (χ0v) is 12.7. The lowest BCUT2D eigenvalue weighted by Gasteiger charge is -2.15. The first kappa shape index (κ1) is 16.4. The Balaban J connectivity index is 3.36. The van der Waals surface area contributed by atoms with Gasteiger partial charge in [-0.15, -0.1) is 0 Å². The van der Waals surface area contributed by atoms with Gasteiger partial charge in [0.25, 0.3) is 10.0 Å². The van der Waals surface area contributed by atoms with Gasteiger partial charge >= 0.3 is 5.97 Å². The predicted molar refractivity (Wildman–Crippen MR) is 75.4 cm³/mol. The van der Waals surface area contributed by atoms with Crippen molar-refractivity contribution in [2.24, 2.45) is 0 Å². The summed E-state index contributed by atoms with van der Waals surface area (Å²) >= 11 is 0. The van der Waals surface area contributed by atoms with Crippen LogP contribution in [0, 0.1) is 0 Å². The van der Waals surface area contributed by atoms with E-state index in [9.17, 15) is 13.2 Å². The van der Waals surface area contributed by atoms with Gasteiger partial charge in [-0.3, -0.25) is 0 Å². The summed E-state index contributed by atoms with van der Waals surface area (Å²) in [4.78, 5) is 15.1. The first-order valence-electron chi connectivity index (χ1n) is 6.13. The minimum absolute atomic E-state index is 0.0569. The van der Waals surface area contributed by atoms with E-state index in [1.54, 1.807) is 0 Å². The largest absolute Gasteiger partial charge is 0.478 e. The third kappa shape index (κ3) is 3.67. The summed E-state index contributed by atoms with van der Waals surface area (Å²) in [6.45, 7) is 3.85. The molecule has 0 saturated heterocycles. The number of aromatic carboxylic acids is 1. The normalized spacial score (nSPS) is 13.2. The van der Waals surface area contributed by atoms with Crippen LogP contribution in [0.4, 0.5) is 5.82 Å². The molecule has 1 rings (SSSR count). The van der Waals surface area contributed by atoms with Gasteiger partial charge in [0.05, 0.1) is 5.56 Å². The maximum absolute atomic E-state index is 12.1. The van der Waals surface area contributed by atoms with Crippen molar-refractivity contribution in [3.05, 3.63) is 17.7 Å². The summed E-state index contributed by atoms with van der Waals surface area (Å²) in [6.07, 6.45) is 0.800. The fourth-order valence-corrected chi connectivity index (χ4v) is 2.24. The van der Waals surface area contributed by atoms with Crippen molar-refractivity contribution in [1.82, 2.24) is 9.29 Å². The second kappa shape index (κ2) is 6.19. The molecule has 0 aliphatic heterocycles. The molecule has 112 valence electrons. The highest BCUT2D eigenvalue weighted by molar-refractivity contribution is 7.89. The number of nitrogens with zero attached hydrogens (tertiary/aromatic N) is 2. The van der Waals surface area contributed by atoms with E-state index in [2.05, 4.69) is 10.3 Å². The van der Waals surface area contributed by atoms with Gasteiger partial charge in [-0.25, -0.2) is 22.5 Å². The Kier molecular flexibility index (Phi) is 5.07. The third-order valence-electron chi connectivity index (χ3n) is 2.80. The Morgan fingerprint density at radius 1 is 1.45 bits per heavy atom. The lowest BCUT2D eigenvalue weighted by molar-refractivity contribution is 0.0696. The van der Waals surface area contributed by atoms with Gasteiger partial charge in [-0.05, 0) is 25.5 Å². The minimum Gasteiger partial charge on any atom is -0.478 e. The van der Waals surface area contributed by atoms with Crippen molar-refractivity contribution in [3.63, 3.8) is 0 Å². The van der Waals surface area contributed by atoms with Crippen molar-refractivity contribution in [2.45, 2.75) is 31.3 Å². The number of hydrogen-bond acceptors (Lipinski definition) is 5. The second-order valence-corrected chi connectivity index (χ2v) is 6.72. The number of aromatic nitrogens is 1. The van der Waals surface area contributed by atoms with E-state index in [-0.39, 0.29) is 22.4 Å². The first-order valence-corrected chi connectivity index (χ1v) is 7.57. The van der Waals surface area contributed by atoms with E-state index in [1.807, 2.05) is 13.8 Å². The molecule has 0 amide bonds. The molecule has 0 bridgehead atoms. The Labute approximate surface area is 118 Å². The summed E-state index contributed by atoms with van der Waals surface area (Å²) < 4.78 is 25.1. The zero-order valence-electron chi connectivity index (χ0n) is 11.9. The molecule has 0 aliphatic carbocycles. The Bertz CT molecular complexity index is 599. The second-order valence-electron chi connectivity index (χ2n) is 4.63. The molecule has 8 heteroatoms. The van der Waals surface area contributed by atoms with Gasteiger partial charge in [0, 0.05) is 20.1 Å². The lowest BCUT2D eigenvalue weighted by Crippen LogP contribution is -2.24. The van der Waals surface area contributed by atoms with Gasteiger partial charge in [0.2, 0.25) is 0 Å². The number of carboxylic acids is 1. The van der Waals surface area contributed by atoms with Crippen LogP contribution in [0.3, 0.4) is 0 Å². The number of hydrogen-bond donors (Lipinski definition) is 2. The molecule has 0 aromatic carbocycles. The molecule has 0 radical (unpaired) electrons. The maximum Gasteiger partial charge on any atom is 0.335 e. The van der Waals surface area contributed by atoms with E-state index < -0.39 is 16.0 Å². The Hall–Kier alpha value is -1.67. The van der Waals surface area contributed by atoms with E-state index in [0.29, 0.717) is 0 Å². The van der Waals surface area contributed by atoms with Gasteiger partial charge in [-0.2, -0.15) is 0 Å². The van der Waals surface area contributed by atoms with Crippen LogP contribution in [0.2, 0.25) is 0 Å². The average Bonchev–Trinajstić information content (AvgIpc) is 2.37. The predicted octanol–water partition coefficient (Wildman–Crippen LogP) is 1.24. The van der Waals surface area contributed by atoms with E-state index >= 15 is 0 Å². The first-order chi connectivity index (χ1) is 9.18. The van der Waals surface area contributed by atoms with Crippen LogP contribution in [0.5, 0.6) is 0 Å². The van der Waals surface area contributed by atoms with Crippen molar-refractivity contribution in [3.8, 4) is 0 Å². The SMILES string of the molecule is CCC(C)Nc1cc(C(=O)O)cc(S(=O)(=O)N(C)C)n1. The third-order valence-corrected chi connectivity index (χ3v) is 4.50. The van der Waals surface area contributed by atoms with Crippen LogP contribution in [-0.2, 0) is 10.0 Å². The van der Waals surface area contributed by atoms with Gasteiger partial charge in [-0.1, -0.05) is 6.92 Å². The van der Waals surface area contributed by atoms with Gasteiger partial charge in [0.15, 0.2) is 5.03 Å². The number of carbonyl (C=O) groups is 1. The molecule has 2 N–H and O–H groups in total.